The predicted molar refractivity (Wildman–Crippen MR) is 75.3 cm³/mol. The Morgan fingerprint density at radius 2 is 1.82 bits per heavy atom. The van der Waals surface area contributed by atoms with Crippen LogP contribution in [0.2, 0.25) is 0 Å². The van der Waals surface area contributed by atoms with Crippen LogP contribution in [0.3, 0.4) is 0 Å². The summed E-state index contributed by atoms with van der Waals surface area (Å²) in [6.45, 7) is 0. The molecule has 8 heteroatoms. The van der Waals surface area contributed by atoms with Gasteiger partial charge in [0.25, 0.3) is 0 Å². The molecule has 22 heavy (non-hydrogen) atoms. The predicted octanol–water partition coefficient (Wildman–Crippen LogP) is 2.48. The van der Waals surface area contributed by atoms with E-state index < -0.39 is 29.5 Å². The van der Waals surface area contributed by atoms with Crippen molar-refractivity contribution in [3.63, 3.8) is 0 Å². The molecule has 2 aromatic rings. The summed E-state index contributed by atoms with van der Waals surface area (Å²) in [4.78, 5) is 23.1. The number of alkyl halides is 3. The van der Waals surface area contributed by atoms with Gasteiger partial charge in [-0.25, -0.2) is 0 Å². The lowest BCUT2D eigenvalue weighted by Crippen LogP contribution is -2.25. The fraction of sp³-hybridized carbons (Fsp3) is 0.143. The number of primary amides is 2. The summed E-state index contributed by atoms with van der Waals surface area (Å²) >= 11 is 1.12. The number of hydrogen-bond donors (Lipinski definition) is 2. The van der Waals surface area contributed by atoms with E-state index in [-0.39, 0.29) is 11.1 Å². The van der Waals surface area contributed by atoms with Crippen LogP contribution >= 0.6 is 11.3 Å². The van der Waals surface area contributed by atoms with Crippen molar-refractivity contribution in [2.75, 3.05) is 0 Å². The SMILES string of the molecule is NC(=O)c1ccc(C(C(N)=O)c2cccs2)c(C(F)(F)F)c1. The molecule has 0 aliphatic heterocycles. The minimum Gasteiger partial charge on any atom is -0.369 e. The molecule has 0 aliphatic rings. The number of carbonyl (C=O) groups excluding carboxylic acids is 2. The van der Waals surface area contributed by atoms with Gasteiger partial charge in [-0.05, 0) is 29.1 Å². The molecule has 0 fully saturated rings. The van der Waals surface area contributed by atoms with Crippen LogP contribution in [-0.4, -0.2) is 11.8 Å². The van der Waals surface area contributed by atoms with Crippen molar-refractivity contribution in [2.45, 2.75) is 12.1 Å². The third-order valence-corrected chi connectivity index (χ3v) is 4.00. The first-order valence-corrected chi connectivity index (χ1v) is 6.93. The van der Waals surface area contributed by atoms with Crippen molar-refractivity contribution in [3.8, 4) is 0 Å². The molecular weight excluding hydrogens is 317 g/mol. The minimum absolute atomic E-state index is 0.287. The van der Waals surface area contributed by atoms with Gasteiger partial charge in [-0.1, -0.05) is 12.1 Å². The average Bonchev–Trinajstić information content (AvgIpc) is 2.91. The molecule has 1 aromatic heterocycles. The van der Waals surface area contributed by atoms with Crippen molar-refractivity contribution < 1.29 is 22.8 Å². The molecule has 1 atom stereocenters. The Hall–Kier alpha value is -2.35. The number of nitrogens with two attached hydrogens (primary N) is 2. The van der Waals surface area contributed by atoms with Gasteiger partial charge in [0.2, 0.25) is 11.8 Å². The van der Waals surface area contributed by atoms with Gasteiger partial charge in [0, 0.05) is 10.4 Å². The van der Waals surface area contributed by atoms with E-state index in [1.807, 2.05) is 0 Å². The molecule has 2 rings (SSSR count). The van der Waals surface area contributed by atoms with Crippen molar-refractivity contribution >= 4 is 23.2 Å². The first-order chi connectivity index (χ1) is 10.2. The van der Waals surface area contributed by atoms with Gasteiger partial charge in [0.1, 0.15) is 0 Å². The Morgan fingerprint density at radius 3 is 2.27 bits per heavy atom. The van der Waals surface area contributed by atoms with Crippen molar-refractivity contribution in [1.29, 1.82) is 0 Å². The number of halogens is 3. The summed E-state index contributed by atoms with van der Waals surface area (Å²) in [6.07, 6.45) is -4.74. The fourth-order valence-corrected chi connectivity index (χ4v) is 2.96. The number of hydrogen-bond acceptors (Lipinski definition) is 3. The van der Waals surface area contributed by atoms with Crippen LogP contribution in [0.15, 0.2) is 35.7 Å². The topological polar surface area (TPSA) is 86.2 Å². The van der Waals surface area contributed by atoms with Crippen molar-refractivity contribution in [2.24, 2.45) is 11.5 Å². The van der Waals surface area contributed by atoms with Crippen LogP contribution in [0, 0.1) is 0 Å². The Bertz CT molecular complexity index is 711. The molecule has 2 amide bonds. The van der Waals surface area contributed by atoms with Crippen molar-refractivity contribution in [1.82, 2.24) is 0 Å². The third kappa shape index (κ3) is 3.11. The van der Waals surface area contributed by atoms with E-state index in [1.165, 1.54) is 6.07 Å². The first kappa shape index (κ1) is 16.0. The Morgan fingerprint density at radius 1 is 1.14 bits per heavy atom. The second kappa shape index (κ2) is 5.80. The maximum absolute atomic E-state index is 13.3. The Kier molecular flexibility index (Phi) is 4.23. The number of carbonyl (C=O) groups is 2. The normalized spacial score (nSPS) is 12.9. The lowest BCUT2D eigenvalue weighted by molar-refractivity contribution is -0.138. The highest BCUT2D eigenvalue weighted by atomic mass is 32.1. The van der Waals surface area contributed by atoms with Crippen molar-refractivity contribution in [3.05, 3.63) is 57.3 Å². The summed E-state index contributed by atoms with van der Waals surface area (Å²) in [6, 6.07) is 6.00. The lowest BCUT2D eigenvalue weighted by Gasteiger charge is -2.19. The van der Waals surface area contributed by atoms with Crippen LogP contribution in [0.25, 0.3) is 0 Å². The molecule has 1 heterocycles. The molecule has 0 saturated carbocycles. The van der Waals surface area contributed by atoms with E-state index in [1.54, 1.807) is 11.4 Å². The van der Waals surface area contributed by atoms with E-state index >= 15 is 0 Å². The van der Waals surface area contributed by atoms with Gasteiger partial charge in [-0.3, -0.25) is 9.59 Å². The van der Waals surface area contributed by atoms with Gasteiger partial charge in [-0.2, -0.15) is 13.2 Å². The largest absolute Gasteiger partial charge is 0.416 e. The summed E-state index contributed by atoms with van der Waals surface area (Å²) < 4.78 is 39.8. The van der Waals surface area contributed by atoms with Gasteiger partial charge < -0.3 is 11.5 Å². The highest BCUT2D eigenvalue weighted by Gasteiger charge is 2.37. The molecule has 0 bridgehead atoms. The fourth-order valence-electron chi connectivity index (χ4n) is 2.11. The first-order valence-electron chi connectivity index (χ1n) is 6.05. The number of benzene rings is 1. The van der Waals surface area contributed by atoms with Gasteiger partial charge in [0.15, 0.2) is 0 Å². The molecule has 0 radical (unpaired) electrons. The third-order valence-electron chi connectivity index (χ3n) is 3.07. The quantitative estimate of drug-likeness (QED) is 0.903. The van der Waals surface area contributed by atoms with Gasteiger partial charge in [0.05, 0.1) is 11.5 Å². The number of amides is 2. The summed E-state index contributed by atoms with van der Waals surface area (Å²) in [5, 5.41) is 1.64. The second-order valence-corrected chi connectivity index (χ2v) is 5.49. The minimum atomic E-state index is -4.74. The zero-order valence-corrected chi connectivity index (χ0v) is 11.9. The van der Waals surface area contributed by atoms with Gasteiger partial charge in [-0.15, -0.1) is 11.3 Å². The van der Waals surface area contributed by atoms with E-state index in [0.717, 1.165) is 23.5 Å². The number of thiophene rings is 1. The molecule has 4 nitrogen and oxygen atoms in total. The zero-order chi connectivity index (χ0) is 16.5. The molecule has 116 valence electrons. The maximum atomic E-state index is 13.3. The van der Waals surface area contributed by atoms with E-state index in [2.05, 4.69) is 0 Å². The molecule has 0 spiro atoms. The molecule has 0 aliphatic carbocycles. The van der Waals surface area contributed by atoms with Crippen LogP contribution in [0.5, 0.6) is 0 Å². The maximum Gasteiger partial charge on any atom is 0.416 e. The highest BCUT2D eigenvalue weighted by Crippen LogP contribution is 2.39. The molecular formula is C14H11F3N2O2S. The Balaban J connectivity index is 2.67. The summed E-state index contributed by atoms with van der Waals surface area (Å²) in [5.74, 6) is -3.12. The van der Waals surface area contributed by atoms with Crippen LogP contribution in [-0.2, 0) is 11.0 Å². The molecule has 1 aromatic carbocycles. The molecule has 4 N–H and O–H groups in total. The highest BCUT2D eigenvalue weighted by molar-refractivity contribution is 7.10. The second-order valence-electron chi connectivity index (χ2n) is 4.51. The molecule has 0 saturated heterocycles. The molecule has 1 unspecified atom stereocenters. The van der Waals surface area contributed by atoms with Crippen LogP contribution in [0.4, 0.5) is 13.2 Å². The van der Waals surface area contributed by atoms with E-state index in [4.69, 9.17) is 11.5 Å². The number of rotatable bonds is 4. The lowest BCUT2D eigenvalue weighted by atomic mass is 9.90. The van der Waals surface area contributed by atoms with Gasteiger partial charge >= 0.3 is 6.18 Å². The van der Waals surface area contributed by atoms with Crippen LogP contribution in [0.1, 0.15) is 32.3 Å². The monoisotopic (exact) mass is 328 g/mol. The smallest absolute Gasteiger partial charge is 0.369 e. The summed E-state index contributed by atoms with van der Waals surface area (Å²) in [5.41, 5.74) is 8.61. The summed E-state index contributed by atoms with van der Waals surface area (Å²) in [7, 11) is 0. The van der Waals surface area contributed by atoms with E-state index in [0.29, 0.717) is 10.9 Å². The van der Waals surface area contributed by atoms with E-state index in [9.17, 15) is 22.8 Å². The van der Waals surface area contributed by atoms with Crippen LogP contribution < -0.4 is 11.5 Å². The average molecular weight is 328 g/mol. The Labute approximate surface area is 127 Å². The zero-order valence-electron chi connectivity index (χ0n) is 11.1. The standard InChI is InChI=1S/C14H11F3N2O2S/c15-14(16,17)9-6-7(12(18)20)3-4-8(9)11(13(19)21)10-2-1-5-22-10/h1-6,11H,(H2,18,20)(H2,19,21).